The van der Waals surface area contributed by atoms with Gasteiger partial charge in [0, 0.05) is 5.04 Å². The van der Waals surface area contributed by atoms with Crippen molar-refractivity contribution in [2.75, 3.05) is 0 Å². The molecule has 2 aromatic rings. The van der Waals surface area contributed by atoms with Gasteiger partial charge in [0.25, 0.3) is 0 Å². The standard InChI is InChI=1S/C25H35NSi2/c1-5-6-13-20-25(21-14-15-22-25)28(26-27(2,3)4,23-16-9-7-10-17-23)24-18-11-8-12-19-24/h7-12,14-19,21-22,26H,5-6,13,20H2,1-4H3. The largest absolute Gasteiger partial charge is 0.352 e. The second-order valence-electron chi connectivity index (χ2n) is 9.07. The quantitative estimate of drug-likeness (QED) is 0.422. The lowest BCUT2D eigenvalue weighted by molar-refractivity contribution is 0.612. The Labute approximate surface area is 173 Å². The molecule has 3 rings (SSSR count). The van der Waals surface area contributed by atoms with Crippen molar-refractivity contribution in [2.24, 2.45) is 0 Å². The average molecular weight is 406 g/mol. The molecule has 0 amide bonds. The number of hydrogen-bond acceptors (Lipinski definition) is 1. The maximum absolute atomic E-state index is 4.39. The molecule has 2 aromatic carbocycles. The van der Waals surface area contributed by atoms with E-state index in [9.17, 15) is 0 Å². The number of allylic oxidation sites excluding steroid dienone is 4. The molecule has 0 atom stereocenters. The summed E-state index contributed by atoms with van der Waals surface area (Å²) in [4.78, 5) is 0. The van der Waals surface area contributed by atoms with Crippen LogP contribution >= 0.6 is 0 Å². The molecule has 1 N–H and O–H groups in total. The lowest BCUT2D eigenvalue weighted by atomic mass is 10.0. The fourth-order valence-corrected chi connectivity index (χ4v) is 15.3. The number of hydrogen-bond donors (Lipinski definition) is 1. The van der Waals surface area contributed by atoms with Gasteiger partial charge in [-0.2, -0.15) is 0 Å². The van der Waals surface area contributed by atoms with Crippen molar-refractivity contribution < 1.29 is 0 Å². The summed E-state index contributed by atoms with van der Waals surface area (Å²) < 4.78 is 4.39. The van der Waals surface area contributed by atoms with Crippen LogP contribution in [0.4, 0.5) is 0 Å². The zero-order valence-corrected chi connectivity index (χ0v) is 19.9. The van der Waals surface area contributed by atoms with Gasteiger partial charge >= 0.3 is 0 Å². The minimum absolute atomic E-state index is 0.0746. The lowest BCUT2D eigenvalue weighted by Gasteiger charge is -2.50. The van der Waals surface area contributed by atoms with Gasteiger partial charge in [0.05, 0.1) is 0 Å². The molecule has 0 heterocycles. The normalized spacial score (nSPS) is 15.9. The smallest absolute Gasteiger partial charge is 0.197 e. The van der Waals surface area contributed by atoms with Crippen LogP contribution in [0.1, 0.15) is 32.6 Å². The van der Waals surface area contributed by atoms with E-state index in [-0.39, 0.29) is 5.04 Å². The second-order valence-corrected chi connectivity index (χ2v) is 18.2. The number of nitrogens with one attached hydrogen (secondary N) is 1. The van der Waals surface area contributed by atoms with Crippen LogP contribution in [0.2, 0.25) is 24.7 Å². The van der Waals surface area contributed by atoms with Gasteiger partial charge in [0.1, 0.15) is 8.24 Å². The third-order valence-corrected chi connectivity index (χ3v) is 14.6. The molecular formula is C25H35NSi2. The predicted molar refractivity (Wildman–Crippen MR) is 130 cm³/mol. The summed E-state index contributed by atoms with van der Waals surface area (Å²) in [6, 6.07) is 22.6. The molecule has 0 saturated carbocycles. The van der Waals surface area contributed by atoms with E-state index in [1.54, 1.807) is 0 Å². The molecular weight excluding hydrogens is 370 g/mol. The summed E-state index contributed by atoms with van der Waals surface area (Å²) in [6.45, 7) is 9.64. The summed E-state index contributed by atoms with van der Waals surface area (Å²) in [6.07, 6.45) is 14.6. The molecule has 0 bridgehead atoms. The van der Waals surface area contributed by atoms with Gasteiger partial charge < -0.3 is 4.65 Å². The summed E-state index contributed by atoms with van der Waals surface area (Å²) in [5, 5.41) is 3.07. The first-order chi connectivity index (χ1) is 13.4. The van der Waals surface area contributed by atoms with Gasteiger partial charge in [-0.1, -0.05) is 131 Å². The summed E-state index contributed by atoms with van der Waals surface area (Å²) >= 11 is 0. The van der Waals surface area contributed by atoms with Crippen molar-refractivity contribution in [1.82, 2.24) is 4.65 Å². The Morgan fingerprint density at radius 3 is 1.68 bits per heavy atom. The van der Waals surface area contributed by atoms with Gasteiger partial charge in [-0.05, 0) is 16.8 Å². The highest BCUT2D eigenvalue weighted by Crippen LogP contribution is 2.47. The molecule has 1 aliphatic carbocycles. The summed E-state index contributed by atoms with van der Waals surface area (Å²) in [5.41, 5.74) is 0. The van der Waals surface area contributed by atoms with Crippen molar-refractivity contribution in [1.29, 1.82) is 0 Å². The minimum atomic E-state index is -2.31. The van der Waals surface area contributed by atoms with E-state index in [1.807, 2.05) is 0 Å². The Morgan fingerprint density at radius 1 is 0.750 bits per heavy atom. The van der Waals surface area contributed by atoms with Crippen LogP contribution in [0.25, 0.3) is 0 Å². The van der Waals surface area contributed by atoms with Crippen molar-refractivity contribution in [3.05, 3.63) is 85.0 Å². The van der Waals surface area contributed by atoms with Gasteiger partial charge in [0.15, 0.2) is 8.24 Å². The highest BCUT2D eigenvalue weighted by Gasteiger charge is 2.55. The Balaban J connectivity index is 2.28. The molecule has 0 radical (unpaired) electrons. The first kappa shape index (κ1) is 21.0. The Morgan fingerprint density at radius 2 is 1.25 bits per heavy atom. The zero-order valence-electron chi connectivity index (χ0n) is 17.9. The van der Waals surface area contributed by atoms with E-state index in [0.717, 1.165) is 0 Å². The molecule has 1 nitrogen and oxygen atoms in total. The van der Waals surface area contributed by atoms with Gasteiger partial charge in [0.2, 0.25) is 0 Å². The molecule has 0 saturated heterocycles. The first-order valence-corrected chi connectivity index (χ1v) is 16.2. The molecule has 1 aliphatic rings. The van der Waals surface area contributed by atoms with Crippen LogP contribution in [0, 0.1) is 0 Å². The molecule has 148 valence electrons. The van der Waals surface area contributed by atoms with Crippen LogP contribution in [-0.4, -0.2) is 16.5 Å². The van der Waals surface area contributed by atoms with Gasteiger partial charge in [-0.25, -0.2) is 0 Å². The third-order valence-electron chi connectivity index (χ3n) is 5.77. The lowest BCUT2D eigenvalue weighted by Crippen LogP contribution is -2.79. The van der Waals surface area contributed by atoms with E-state index in [2.05, 4.69) is 116 Å². The van der Waals surface area contributed by atoms with Crippen LogP contribution in [0.5, 0.6) is 0 Å². The monoisotopic (exact) mass is 405 g/mol. The molecule has 0 spiro atoms. The maximum atomic E-state index is 4.39. The molecule has 0 aromatic heterocycles. The molecule has 0 fully saturated rings. The van der Waals surface area contributed by atoms with E-state index in [4.69, 9.17) is 0 Å². The van der Waals surface area contributed by atoms with Crippen LogP contribution in [0.15, 0.2) is 85.0 Å². The fourth-order valence-electron chi connectivity index (χ4n) is 4.69. The van der Waals surface area contributed by atoms with Crippen molar-refractivity contribution in [3.63, 3.8) is 0 Å². The third kappa shape index (κ3) is 4.17. The van der Waals surface area contributed by atoms with E-state index in [1.165, 1.54) is 36.1 Å². The number of unbranched alkanes of at least 4 members (excludes halogenated alkanes) is 2. The van der Waals surface area contributed by atoms with Gasteiger partial charge in [-0.15, -0.1) is 0 Å². The zero-order chi connectivity index (χ0) is 20.1. The minimum Gasteiger partial charge on any atom is -0.352 e. The summed E-state index contributed by atoms with van der Waals surface area (Å²) in [7, 11) is -3.89. The summed E-state index contributed by atoms with van der Waals surface area (Å²) in [5.74, 6) is 0. The SMILES string of the molecule is CCCCCC1([Si](N[Si](C)(C)C)(c2ccccc2)c2ccccc2)C=CC=C1. The van der Waals surface area contributed by atoms with E-state index >= 15 is 0 Å². The first-order valence-electron chi connectivity index (χ1n) is 10.7. The molecule has 3 heteroatoms. The highest BCUT2D eigenvalue weighted by atomic mass is 28.4. The van der Waals surface area contributed by atoms with Crippen LogP contribution in [-0.2, 0) is 0 Å². The van der Waals surface area contributed by atoms with Crippen molar-refractivity contribution >= 4 is 26.8 Å². The predicted octanol–water partition coefficient (Wildman–Crippen LogP) is 5.62. The fraction of sp³-hybridized carbons (Fsp3) is 0.360. The molecule has 0 unspecified atom stereocenters. The van der Waals surface area contributed by atoms with Crippen LogP contribution < -0.4 is 15.0 Å². The van der Waals surface area contributed by atoms with Gasteiger partial charge in [-0.3, -0.25) is 0 Å². The Bertz CT molecular complexity index is 752. The molecule has 0 aliphatic heterocycles. The Kier molecular flexibility index (Phi) is 6.59. The highest BCUT2D eigenvalue weighted by molar-refractivity contribution is 7.09. The number of benzene rings is 2. The maximum Gasteiger partial charge on any atom is 0.197 e. The molecule has 28 heavy (non-hydrogen) atoms. The number of rotatable bonds is 9. The second kappa shape index (κ2) is 8.77. The Hall–Kier alpha value is -1.69. The van der Waals surface area contributed by atoms with E-state index < -0.39 is 16.5 Å². The van der Waals surface area contributed by atoms with Crippen LogP contribution in [0.3, 0.4) is 0 Å². The van der Waals surface area contributed by atoms with Crippen molar-refractivity contribution in [2.45, 2.75) is 57.3 Å². The van der Waals surface area contributed by atoms with E-state index in [0.29, 0.717) is 0 Å². The average Bonchev–Trinajstić information content (AvgIpc) is 3.17. The topological polar surface area (TPSA) is 12.0 Å². The van der Waals surface area contributed by atoms with Crippen molar-refractivity contribution in [3.8, 4) is 0 Å².